The Balaban J connectivity index is 1.99. The van der Waals surface area contributed by atoms with E-state index in [4.69, 9.17) is 10.5 Å². The van der Waals surface area contributed by atoms with Crippen molar-refractivity contribution < 1.29 is 13.9 Å². The lowest BCUT2D eigenvalue weighted by Gasteiger charge is -2.22. The third kappa shape index (κ3) is 3.50. The van der Waals surface area contributed by atoms with Gasteiger partial charge >= 0.3 is 0 Å². The first-order valence-corrected chi connectivity index (χ1v) is 9.93. The van der Waals surface area contributed by atoms with Gasteiger partial charge < -0.3 is 10.5 Å². The number of ketones is 1. The molecule has 9 heteroatoms. The molecule has 0 saturated heterocycles. The van der Waals surface area contributed by atoms with Gasteiger partial charge in [-0.2, -0.15) is 10.4 Å². The molecule has 2 aromatic heterocycles. The molecule has 0 amide bonds. The Morgan fingerprint density at radius 1 is 1.42 bits per heavy atom. The number of ether oxygens (including phenoxy) is 1. The van der Waals surface area contributed by atoms with Crippen LogP contribution in [0.3, 0.4) is 0 Å². The van der Waals surface area contributed by atoms with Crippen molar-refractivity contribution in [2.45, 2.75) is 32.8 Å². The van der Waals surface area contributed by atoms with Crippen LogP contribution in [0.1, 0.15) is 53.7 Å². The maximum atomic E-state index is 14.0. The molecule has 3 aromatic rings. The fourth-order valence-electron chi connectivity index (χ4n) is 3.91. The number of nitriles is 1. The van der Waals surface area contributed by atoms with Crippen LogP contribution in [0, 0.1) is 23.1 Å². The van der Waals surface area contributed by atoms with Crippen molar-refractivity contribution in [2.24, 2.45) is 13.0 Å². The zero-order valence-electron chi connectivity index (χ0n) is 17.4. The van der Waals surface area contributed by atoms with E-state index in [1.54, 1.807) is 14.0 Å². The van der Waals surface area contributed by atoms with Crippen molar-refractivity contribution in [1.82, 2.24) is 19.7 Å². The van der Waals surface area contributed by atoms with Gasteiger partial charge in [0, 0.05) is 30.5 Å². The maximum absolute atomic E-state index is 14.0. The van der Waals surface area contributed by atoms with Gasteiger partial charge in [0.1, 0.15) is 23.7 Å². The van der Waals surface area contributed by atoms with Crippen LogP contribution < -0.4 is 10.5 Å². The SMILES string of the molecule is CCC1Cc2nn(C)c(C#N)c2-c2cnc(N)c(n2)OC(C)c2cc(F)ccc2C1=O. The minimum Gasteiger partial charge on any atom is -0.467 e. The van der Waals surface area contributed by atoms with Crippen LogP contribution in [0.2, 0.25) is 0 Å². The number of hydrogen-bond donors (Lipinski definition) is 1. The number of nitrogen functional groups attached to an aromatic ring is 1. The molecule has 2 N–H and O–H groups in total. The first kappa shape index (κ1) is 20.5. The van der Waals surface area contributed by atoms with Gasteiger partial charge in [-0.3, -0.25) is 9.48 Å². The number of nitrogens with two attached hydrogens (primary N) is 1. The van der Waals surface area contributed by atoms with Gasteiger partial charge in [-0.1, -0.05) is 6.92 Å². The van der Waals surface area contributed by atoms with E-state index in [0.29, 0.717) is 46.6 Å². The number of aryl methyl sites for hydroxylation is 1. The lowest BCUT2D eigenvalue weighted by molar-refractivity contribution is 0.0910. The van der Waals surface area contributed by atoms with Crippen molar-refractivity contribution >= 4 is 11.6 Å². The van der Waals surface area contributed by atoms with Crippen molar-refractivity contribution in [3.8, 4) is 23.2 Å². The average Bonchev–Trinajstić information content (AvgIpc) is 3.07. The third-order valence-electron chi connectivity index (χ3n) is 5.56. The highest BCUT2D eigenvalue weighted by Gasteiger charge is 2.30. The number of halogens is 1. The van der Waals surface area contributed by atoms with E-state index in [2.05, 4.69) is 21.1 Å². The highest BCUT2D eigenvalue weighted by atomic mass is 19.1. The van der Waals surface area contributed by atoms with Gasteiger partial charge in [-0.25, -0.2) is 14.4 Å². The molecule has 4 rings (SSSR count). The fraction of sp³-hybridized carbons (Fsp3) is 0.318. The largest absolute Gasteiger partial charge is 0.467 e. The molecule has 0 radical (unpaired) electrons. The normalized spacial score (nSPS) is 18.1. The number of fused-ring (bicyclic) bond motifs is 5. The minimum absolute atomic E-state index is 0.0407. The smallest absolute Gasteiger partial charge is 0.258 e. The number of benzene rings is 1. The summed E-state index contributed by atoms with van der Waals surface area (Å²) in [5.74, 6) is -0.935. The summed E-state index contributed by atoms with van der Waals surface area (Å²) >= 11 is 0. The molecule has 0 fully saturated rings. The van der Waals surface area contributed by atoms with E-state index >= 15 is 0 Å². The summed E-state index contributed by atoms with van der Waals surface area (Å²) in [6.07, 6.45) is 1.59. The van der Waals surface area contributed by atoms with Crippen molar-refractivity contribution in [3.05, 3.63) is 52.7 Å². The Morgan fingerprint density at radius 2 is 2.19 bits per heavy atom. The Kier molecular flexibility index (Phi) is 5.15. The van der Waals surface area contributed by atoms with E-state index in [1.165, 1.54) is 29.1 Å². The first-order chi connectivity index (χ1) is 14.8. The summed E-state index contributed by atoms with van der Waals surface area (Å²) in [5.41, 5.74) is 8.49. The predicted molar refractivity (Wildman–Crippen MR) is 111 cm³/mol. The summed E-state index contributed by atoms with van der Waals surface area (Å²) < 4.78 is 21.4. The van der Waals surface area contributed by atoms with E-state index in [1.807, 2.05) is 6.92 Å². The molecule has 1 aliphatic heterocycles. The second-order valence-corrected chi connectivity index (χ2v) is 7.52. The van der Waals surface area contributed by atoms with Gasteiger partial charge in [0.05, 0.1) is 23.1 Å². The van der Waals surface area contributed by atoms with Crippen LogP contribution in [0.5, 0.6) is 5.88 Å². The van der Waals surface area contributed by atoms with Gasteiger partial charge in [-0.15, -0.1) is 0 Å². The van der Waals surface area contributed by atoms with Crippen molar-refractivity contribution in [1.29, 1.82) is 5.26 Å². The second kappa shape index (κ2) is 7.80. The van der Waals surface area contributed by atoms with E-state index in [9.17, 15) is 14.4 Å². The topological polar surface area (TPSA) is 120 Å². The standard InChI is InChI=1S/C22H21FN6O2/c1-4-12-7-16-19(18(9-24)29(3)28-16)17-10-26-21(25)22(27-17)31-11(2)15-8-13(23)5-6-14(15)20(12)30/h5-6,8,10-12H,4,7H2,1-3H3,(H2,25,26). The van der Waals surface area contributed by atoms with E-state index in [0.717, 1.165) is 0 Å². The summed E-state index contributed by atoms with van der Waals surface area (Å²) in [7, 11) is 1.66. The Hall–Kier alpha value is -3.80. The summed E-state index contributed by atoms with van der Waals surface area (Å²) in [6, 6.07) is 6.18. The summed E-state index contributed by atoms with van der Waals surface area (Å²) in [5, 5.41) is 14.2. The molecule has 1 aliphatic rings. The fourth-order valence-corrected chi connectivity index (χ4v) is 3.91. The molecule has 0 aliphatic carbocycles. The lowest BCUT2D eigenvalue weighted by Crippen LogP contribution is -2.21. The average molecular weight is 420 g/mol. The van der Waals surface area contributed by atoms with Crippen LogP contribution in [0.15, 0.2) is 24.4 Å². The second-order valence-electron chi connectivity index (χ2n) is 7.52. The third-order valence-corrected chi connectivity index (χ3v) is 5.56. The van der Waals surface area contributed by atoms with Crippen molar-refractivity contribution in [2.75, 3.05) is 5.73 Å². The Morgan fingerprint density at radius 3 is 2.90 bits per heavy atom. The van der Waals surface area contributed by atoms with Gasteiger partial charge in [0.15, 0.2) is 11.6 Å². The molecule has 0 spiro atoms. The van der Waals surface area contributed by atoms with Crippen molar-refractivity contribution in [3.63, 3.8) is 0 Å². The number of hydrogen-bond acceptors (Lipinski definition) is 7. The quantitative estimate of drug-likeness (QED) is 0.641. The number of rotatable bonds is 1. The molecule has 2 unspecified atom stereocenters. The van der Waals surface area contributed by atoms with Gasteiger partial charge in [0.2, 0.25) is 0 Å². The number of Topliss-reactive ketones (excluding diaryl/α,β-unsaturated/α-hetero) is 1. The minimum atomic E-state index is -0.706. The van der Waals surface area contributed by atoms with Crippen LogP contribution in [-0.4, -0.2) is 25.5 Å². The Labute approximate surface area is 178 Å². The maximum Gasteiger partial charge on any atom is 0.258 e. The zero-order chi connectivity index (χ0) is 22.3. The lowest BCUT2D eigenvalue weighted by atomic mass is 9.86. The molecule has 0 saturated carbocycles. The monoisotopic (exact) mass is 420 g/mol. The number of anilines is 1. The van der Waals surface area contributed by atoms with E-state index < -0.39 is 17.8 Å². The predicted octanol–water partition coefficient (Wildman–Crippen LogP) is 3.38. The van der Waals surface area contributed by atoms with Crippen LogP contribution in [-0.2, 0) is 13.5 Å². The highest BCUT2D eigenvalue weighted by molar-refractivity contribution is 5.99. The van der Waals surface area contributed by atoms with E-state index in [-0.39, 0.29) is 17.5 Å². The molecule has 2 bridgehead atoms. The summed E-state index contributed by atoms with van der Waals surface area (Å²) in [4.78, 5) is 22.1. The number of carbonyl (C=O) groups is 1. The number of aromatic nitrogens is 4. The molecular formula is C22H21FN6O2. The molecule has 3 heterocycles. The van der Waals surface area contributed by atoms with Crippen LogP contribution in [0.25, 0.3) is 11.3 Å². The van der Waals surface area contributed by atoms with Crippen LogP contribution in [0.4, 0.5) is 10.2 Å². The molecule has 31 heavy (non-hydrogen) atoms. The molecular weight excluding hydrogens is 399 g/mol. The zero-order valence-corrected chi connectivity index (χ0v) is 17.4. The molecule has 8 nitrogen and oxygen atoms in total. The summed E-state index contributed by atoms with van der Waals surface area (Å²) in [6.45, 7) is 3.61. The Bertz CT molecular complexity index is 1230. The number of carbonyl (C=O) groups excluding carboxylic acids is 1. The first-order valence-electron chi connectivity index (χ1n) is 9.93. The van der Waals surface area contributed by atoms with Gasteiger partial charge in [-0.05, 0) is 31.5 Å². The molecule has 158 valence electrons. The molecule has 2 atom stereocenters. The van der Waals surface area contributed by atoms with Gasteiger partial charge in [0.25, 0.3) is 5.88 Å². The highest BCUT2D eigenvalue weighted by Crippen LogP contribution is 2.35. The number of nitrogens with zero attached hydrogens (tertiary/aromatic N) is 5. The molecule has 1 aromatic carbocycles. The van der Waals surface area contributed by atoms with Crippen LogP contribution >= 0.6 is 0 Å².